The van der Waals surface area contributed by atoms with Gasteiger partial charge in [-0.15, -0.1) is 0 Å². The van der Waals surface area contributed by atoms with Crippen LogP contribution in [0.1, 0.15) is 0 Å². The molecule has 4 atom stereocenters. The van der Waals surface area contributed by atoms with Crippen molar-refractivity contribution in [2.75, 3.05) is 28.9 Å². The fourth-order valence-electron chi connectivity index (χ4n) is 2.57. The number of aliphatic hydroxyl groups excluding tert-OH is 3. The van der Waals surface area contributed by atoms with Gasteiger partial charge in [-0.2, -0.15) is 4.98 Å². The van der Waals surface area contributed by atoms with Gasteiger partial charge in [0.25, 0.3) is 5.56 Å². The number of aromatic nitrogens is 2. The SMILES string of the molecule is Nc1nc2c(c(=O)[nH]1)N(N)CN2[C@@H]1O[C@H](CO)[C@@H](O)[C@H]1O. The summed E-state index contributed by atoms with van der Waals surface area (Å²) in [5, 5.41) is 30.1. The largest absolute Gasteiger partial charge is 0.394 e. The highest BCUT2D eigenvalue weighted by Crippen LogP contribution is 2.35. The number of aromatic amines is 1. The predicted molar refractivity (Wildman–Crippen MR) is 71.0 cm³/mol. The molecule has 2 aliphatic heterocycles. The van der Waals surface area contributed by atoms with Crippen molar-refractivity contribution >= 4 is 17.5 Å². The number of hydrogen-bond donors (Lipinski definition) is 6. The van der Waals surface area contributed by atoms with Crippen molar-refractivity contribution in [3.05, 3.63) is 10.4 Å². The van der Waals surface area contributed by atoms with E-state index < -0.39 is 36.7 Å². The third kappa shape index (κ3) is 2.02. The highest BCUT2D eigenvalue weighted by molar-refractivity contribution is 5.72. The topological polar surface area (TPSA) is 174 Å². The van der Waals surface area contributed by atoms with Gasteiger partial charge in [-0.25, -0.2) is 5.84 Å². The molecule has 0 saturated carbocycles. The second-order valence-electron chi connectivity index (χ2n) is 4.93. The third-order valence-corrected chi connectivity index (χ3v) is 3.58. The Hall–Kier alpha value is -1.92. The molecule has 3 rings (SSSR count). The van der Waals surface area contributed by atoms with E-state index in [0.717, 1.165) is 5.01 Å². The Morgan fingerprint density at radius 1 is 1.43 bits per heavy atom. The lowest BCUT2D eigenvalue weighted by atomic mass is 10.1. The summed E-state index contributed by atoms with van der Waals surface area (Å²) in [7, 11) is 0. The van der Waals surface area contributed by atoms with Crippen LogP contribution < -0.4 is 27.0 Å². The molecular weight excluding hydrogens is 284 g/mol. The highest BCUT2D eigenvalue weighted by Gasteiger charge is 2.48. The summed E-state index contributed by atoms with van der Waals surface area (Å²) < 4.78 is 5.40. The third-order valence-electron chi connectivity index (χ3n) is 3.58. The first-order chi connectivity index (χ1) is 9.93. The monoisotopic (exact) mass is 300 g/mol. The van der Waals surface area contributed by atoms with E-state index in [2.05, 4.69) is 9.97 Å². The van der Waals surface area contributed by atoms with Gasteiger partial charge in [0.15, 0.2) is 17.7 Å². The summed E-state index contributed by atoms with van der Waals surface area (Å²) in [6.45, 7) is -0.436. The number of anilines is 3. The van der Waals surface area contributed by atoms with Gasteiger partial charge in [0.05, 0.1) is 6.61 Å². The molecule has 11 nitrogen and oxygen atoms in total. The summed E-state index contributed by atoms with van der Waals surface area (Å²) in [5.74, 6) is 5.79. The molecule has 0 spiro atoms. The van der Waals surface area contributed by atoms with Crippen molar-refractivity contribution in [2.45, 2.75) is 24.5 Å². The average Bonchev–Trinajstić information content (AvgIpc) is 2.89. The minimum atomic E-state index is -1.29. The van der Waals surface area contributed by atoms with Crippen molar-refractivity contribution in [1.29, 1.82) is 0 Å². The van der Waals surface area contributed by atoms with E-state index in [1.165, 1.54) is 4.90 Å². The van der Waals surface area contributed by atoms with Gasteiger partial charge in [-0.1, -0.05) is 0 Å². The summed E-state index contributed by atoms with van der Waals surface area (Å²) in [4.78, 5) is 19.6. The first-order valence-electron chi connectivity index (χ1n) is 6.25. The molecule has 1 aromatic rings. The fraction of sp³-hybridized carbons (Fsp3) is 0.600. The molecular formula is C10H16N6O5. The first-order valence-corrected chi connectivity index (χ1v) is 6.25. The quantitative estimate of drug-likeness (QED) is 0.298. The molecule has 0 aromatic carbocycles. The van der Waals surface area contributed by atoms with Crippen LogP contribution in [0.25, 0.3) is 0 Å². The zero-order valence-electron chi connectivity index (χ0n) is 10.9. The van der Waals surface area contributed by atoms with Crippen LogP contribution in [0.5, 0.6) is 0 Å². The van der Waals surface area contributed by atoms with Crippen LogP contribution in [0.3, 0.4) is 0 Å². The molecule has 0 aliphatic carbocycles. The van der Waals surface area contributed by atoms with Gasteiger partial charge in [0, 0.05) is 0 Å². The molecule has 1 fully saturated rings. The summed E-state index contributed by atoms with van der Waals surface area (Å²) in [6, 6.07) is 0. The zero-order valence-corrected chi connectivity index (χ0v) is 10.9. The molecule has 0 unspecified atom stereocenters. The molecule has 2 aliphatic rings. The standard InChI is InChI=1S/C10H16N6O5/c11-10-13-7-4(8(20)14-10)16(12)2-15(7)9-6(19)5(18)3(1-17)21-9/h3,5-6,9,17-19H,1-2,12H2,(H3,11,13,14,20)/t3-,5-,6-,9-/m1/s1. The normalized spacial score (nSPS) is 31.8. The molecule has 3 heterocycles. The van der Waals surface area contributed by atoms with Gasteiger partial charge >= 0.3 is 0 Å². The van der Waals surface area contributed by atoms with Crippen LogP contribution in [-0.2, 0) is 4.74 Å². The van der Waals surface area contributed by atoms with Gasteiger partial charge in [0.2, 0.25) is 5.95 Å². The van der Waals surface area contributed by atoms with Crippen molar-refractivity contribution in [3.63, 3.8) is 0 Å². The minimum Gasteiger partial charge on any atom is -0.394 e. The number of nitrogens with two attached hydrogens (primary N) is 2. The Labute approximate surface area is 118 Å². The maximum Gasteiger partial charge on any atom is 0.279 e. The smallest absolute Gasteiger partial charge is 0.279 e. The number of fused-ring (bicyclic) bond motifs is 1. The molecule has 11 heteroatoms. The van der Waals surface area contributed by atoms with Crippen LogP contribution in [0.4, 0.5) is 17.5 Å². The van der Waals surface area contributed by atoms with E-state index in [4.69, 9.17) is 21.4 Å². The van der Waals surface area contributed by atoms with Gasteiger partial charge in [-0.3, -0.25) is 14.8 Å². The predicted octanol–water partition coefficient (Wildman–Crippen LogP) is -3.75. The lowest BCUT2D eigenvalue weighted by molar-refractivity contribution is -0.0222. The average molecular weight is 300 g/mol. The molecule has 21 heavy (non-hydrogen) atoms. The van der Waals surface area contributed by atoms with E-state index in [1.807, 2.05) is 0 Å². The van der Waals surface area contributed by atoms with Gasteiger partial charge < -0.3 is 30.7 Å². The number of nitrogens with one attached hydrogen (secondary N) is 1. The van der Waals surface area contributed by atoms with Crippen LogP contribution in [0, 0.1) is 0 Å². The number of nitrogen functional groups attached to an aromatic ring is 1. The summed E-state index contributed by atoms with van der Waals surface area (Å²) in [6.07, 6.45) is -4.48. The highest BCUT2D eigenvalue weighted by atomic mass is 16.6. The summed E-state index contributed by atoms with van der Waals surface area (Å²) >= 11 is 0. The van der Waals surface area contributed by atoms with Crippen molar-refractivity contribution in [2.24, 2.45) is 5.84 Å². The molecule has 116 valence electrons. The Morgan fingerprint density at radius 2 is 2.14 bits per heavy atom. The molecule has 8 N–H and O–H groups in total. The van der Waals surface area contributed by atoms with E-state index in [9.17, 15) is 15.0 Å². The molecule has 0 amide bonds. The number of hydrogen-bond acceptors (Lipinski definition) is 10. The molecule has 0 bridgehead atoms. The van der Waals surface area contributed by atoms with E-state index >= 15 is 0 Å². The van der Waals surface area contributed by atoms with Crippen LogP contribution in [-0.4, -0.2) is 63.1 Å². The Kier molecular flexibility index (Phi) is 3.22. The number of hydrazine groups is 1. The molecule has 0 radical (unpaired) electrons. The van der Waals surface area contributed by atoms with Crippen LogP contribution in [0.15, 0.2) is 4.79 Å². The number of nitrogens with zero attached hydrogens (tertiary/aromatic N) is 3. The molecule has 1 aromatic heterocycles. The first kappa shape index (κ1) is 14.0. The second kappa shape index (κ2) is 4.82. The van der Waals surface area contributed by atoms with Gasteiger partial charge in [0.1, 0.15) is 25.0 Å². The van der Waals surface area contributed by atoms with E-state index in [0.29, 0.717) is 0 Å². The van der Waals surface area contributed by atoms with Crippen molar-refractivity contribution in [1.82, 2.24) is 9.97 Å². The Morgan fingerprint density at radius 3 is 2.76 bits per heavy atom. The van der Waals surface area contributed by atoms with Crippen LogP contribution >= 0.6 is 0 Å². The lowest BCUT2D eigenvalue weighted by Gasteiger charge is -2.27. The summed E-state index contributed by atoms with van der Waals surface area (Å²) in [5.41, 5.74) is 5.07. The number of ether oxygens (including phenoxy) is 1. The number of rotatable bonds is 2. The van der Waals surface area contributed by atoms with E-state index in [1.54, 1.807) is 0 Å². The van der Waals surface area contributed by atoms with Crippen molar-refractivity contribution in [3.8, 4) is 0 Å². The minimum absolute atomic E-state index is 0.0153. The van der Waals surface area contributed by atoms with Crippen molar-refractivity contribution < 1.29 is 20.1 Å². The number of H-pyrrole nitrogens is 1. The van der Waals surface area contributed by atoms with Gasteiger partial charge in [-0.05, 0) is 0 Å². The van der Waals surface area contributed by atoms with Crippen LogP contribution in [0.2, 0.25) is 0 Å². The second-order valence-corrected chi connectivity index (χ2v) is 4.93. The molecule has 1 saturated heterocycles. The maximum atomic E-state index is 11.9. The maximum absolute atomic E-state index is 11.9. The number of aliphatic hydroxyl groups is 3. The Balaban J connectivity index is 1.99. The fourth-order valence-corrected chi connectivity index (χ4v) is 2.57. The zero-order chi connectivity index (χ0) is 15.3. The van der Waals surface area contributed by atoms with E-state index in [-0.39, 0.29) is 24.1 Å². The lowest BCUT2D eigenvalue weighted by Crippen LogP contribution is -2.47. The Bertz CT molecular complexity index is 608.